The van der Waals surface area contributed by atoms with Crippen molar-refractivity contribution >= 4 is 28.2 Å². The quantitative estimate of drug-likeness (QED) is 0.418. The highest BCUT2D eigenvalue weighted by atomic mass is 19.1. The average molecular weight is 479 g/mol. The van der Waals surface area contributed by atoms with Gasteiger partial charge >= 0.3 is 0 Å². The number of methoxy groups -OCH3 is 1. The van der Waals surface area contributed by atoms with Gasteiger partial charge in [-0.05, 0) is 44.2 Å². The smallest absolute Gasteiger partial charge is 0.274 e. The lowest BCUT2D eigenvalue weighted by Crippen LogP contribution is -2.36. The van der Waals surface area contributed by atoms with E-state index in [0.29, 0.717) is 17.9 Å². The van der Waals surface area contributed by atoms with Crippen LogP contribution in [0.3, 0.4) is 0 Å². The first-order chi connectivity index (χ1) is 16.6. The fourth-order valence-corrected chi connectivity index (χ4v) is 4.07. The van der Waals surface area contributed by atoms with Gasteiger partial charge in [0, 0.05) is 32.2 Å². The van der Waals surface area contributed by atoms with Crippen LogP contribution in [-0.2, 0) is 7.05 Å². The molecule has 182 valence electrons. The maximum atomic E-state index is 14.5. The summed E-state index contributed by atoms with van der Waals surface area (Å²) in [6.07, 6.45) is 3.11. The Morgan fingerprint density at radius 1 is 1.26 bits per heavy atom. The summed E-state index contributed by atoms with van der Waals surface area (Å²) >= 11 is 0. The number of benzene rings is 2. The largest absolute Gasteiger partial charge is 0.496 e. The van der Waals surface area contributed by atoms with Crippen molar-refractivity contribution in [2.75, 3.05) is 30.9 Å². The van der Waals surface area contributed by atoms with Crippen LogP contribution < -0.4 is 15.0 Å². The summed E-state index contributed by atoms with van der Waals surface area (Å²) in [5, 5.41) is 18.4. The lowest BCUT2D eigenvalue weighted by molar-refractivity contribution is 0.0887. The average Bonchev–Trinajstić information content (AvgIpc) is 3.18. The van der Waals surface area contributed by atoms with Crippen molar-refractivity contribution in [3.05, 3.63) is 60.3 Å². The van der Waals surface area contributed by atoms with Crippen LogP contribution in [0.2, 0.25) is 0 Å². The van der Waals surface area contributed by atoms with Crippen molar-refractivity contribution < 1.29 is 19.0 Å². The Balaban J connectivity index is 1.72. The molecular formula is C25H27FN6O3. The molecule has 0 bridgehead atoms. The SMILES string of the molecule is COc1cccc(F)c1-c1nccc(C(=O)Nc2ccc3c(cnn3C)c2N(C)CC(C)(C)O)n1. The molecule has 0 fully saturated rings. The second-order valence-electron chi connectivity index (χ2n) is 8.87. The van der Waals surface area contributed by atoms with Crippen LogP contribution in [0.15, 0.2) is 48.8 Å². The molecule has 10 heteroatoms. The molecule has 0 saturated carbocycles. The molecule has 0 aliphatic carbocycles. The Hall–Kier alpha value is -4.05. The van der Waals surface area contributed by atoms with Gasteiger partial charge in [-0.3, -0.25) is 9.48 Å². The standard InChI is InChI=1S/C25H27FN6O3/c1-25(2,34)14-31(3)22-15-13-28-32(4)19(15)10-9-17(22)30-24(33)18-11-12-27-23(29-18)21-16(26)7-6-8-20(21)35-5/h6-13,34H,14H2,1-5H3,(H,30,33). The first-order valence-electron chi connectivity index (χ1n) is 10.9. The van der Waals surface area contributed by atoms with Crippen molar-refractivity contribution in [2.24, 2.45) is 7.05 Å². The molecule has 0 spiro atoms. The van der Waals surface area contributed by atoms with E-state index in [1.54, 1.807) is 36.9 Å². The molecule has 0 saturated heterocycles. The minimum Gasteiger partial charge on any atom is -0.496 e. The number of amides is 1. The van der Waals surface area contributed by atoms with Crippen molar-refractivity contribution in [1.82, 2.24) is 19.7 Å². The summed E-state index contributed by atoms with van der Waals surface area (Å²) in [4.78, 5) is 23.5. The summed E-state index contributed by atoms with van der Waals surface area (Å²) in [6, 6.07) is 9.49. The van der Waals surface area contributed by atoms with Gasteiger partial charge in [0.25, 0.3) is 5.91 Å². The Morgan fingerprint density at radius 3 is 2.74 bits per heavy atom. The minimum atomic E-state index is -0.971. The number of aliphatic hydroxyl groups is 1. The van der Waals surface area contributed by atoms with E-state index in [2.05, 4.69) is 20.4 Å². The minimum absolute atomic E-state index is 0.0367. The number of rotatable bonds is 7. The van der Waals surface area contributed by atoms with Gasteiger partial charge in [0.15, 0.2) is 5.82 Å². The molecule has 0 aliphatic heterocycles. The second-order valence-corrected chi connectivity index (χ2v) is 8.87. The molecule has 2 N–H and O–H groups in total. The van der Waals surface area contributed by atoms with Crippen LogP contribution in [0.5, 0.6) is 5.75 Å². The Labute approximate surface area is 202 Å². The monoisotopic (exact) mass is 478 g/mol. The number of carbonyl (C=O) groups excluding carboxylic acids is 1. The number of hydrogen-bond donors (Lipinski definition) is 2. The molecule has 0 atom stereocenters. The number of nitrogens with zero attached hydrogens (tertiary/aromatic N) is 5. The van der Waals surface area contributed by atoms with Crippen LogP contribution in [0.4, 0.5) is 15.8 Å². The zero-order valence-corrected chi connectivity index (χ0v) is 20.2. The molecule has 35 heavy (non-hydrogen) atoms. The summed E-state index contributed by atoms with van der Waals surface area (Å²) in [5.41, 5.74) is 1.26. The lowest BCUT2D eigenvalue weighted by Gasteiger charge is -2.29. The van der Waals surface area contributed by atoms with Crippen LogP contribution >= 0.6 is 0 Å². The third-order valence-electron chi connectivity index (χ3n) is 5.46. The summed E-state index contributed by atoms with van der Waals surface area (Å²) in [6.45, 7) is 3.74. The number of fused-ring (bicyclic) bond motifs is 1. The van der Waals surface area contributed by atoms with Crippen LogP contribution in [0, 0.1) is 5.82 Å². The van der Waals surface area contributed by atoms with Crippen molar-refractivity contribution in [3.8, 4) is 17.1 Å². The molecule has 0 unspecified atom stereocenters. The molecule has 4 aromatic rings. The first kappa shape index (κ1) is 24.1. The Kier molecular flexibility index (Phi) is 6.40. The van der Waals surface area contributed by atoms with Gasteiger partial charge in [-0.1, -0.05) is 6.07 Å². The Morgan fingerprint density at radius 2 is 2.03 bits per heavy atom. The van der Waals surface area contributed by atoms with Crippen LogP contribution in [0.1, 0.15) is 24.3 Å². The van der Waals surface area contributed by atoms with E-state index in [1.165, 1.54) is 31.5 Å². The maximum Gasteiger partial charge on any atom is 0.274 e. The van der Waals surface area contributed by atoms with E-state index in [0.717, 1.165) is 10.9 Å². The van der Waals surface area contributed by atoms with E-state index < -0.39 is 17.3 Å². The third kappa shape index (κ3) is 4.92. The highest BCUT2D eigenvalue weighted by Gasteiger charge is 2.23. The third-order valence-corrected chi connectivity index (χ3v) is 5.46. The number of hydrogen-bond acceptors (Lipinski definition) is 7. The zero-order chi connectivity index (χ0) is 25.3. The van der Waals surface area contributed by atoms with Gasteiger partial charge in [0.2, 0.25) is 0 Å². The fourth-order valence-electron chi connectivity index (χ4n) is 4.07. The van der Waals surface area contributed by atoms with Crippen molar-refractivity contribution in [3.63, 3.8) is 0 Å². The maximum absolute atomic E-state index is 14.5. The fraction of sp³-hybridized carbons (Fsp3) is 0.280. The second kappa shape index (κ2) is 9.30. The number of ether oxygens (including phenoxy) is 1. The van der Waals surface area contributed by atoms with Gasteiger partial charge in [-0.15, -0.1) is 0 Å². The van der Waals surface area contributed by atoms with Crippen molar-refractivity contribution in [2.45, 2.75) is 19.4 Å². The van der Waals surface area contributed by atoms with Gasteiger partial charge in [0.1, 0.15) is 17.3 Å². The molecule has 1 amide bonds. The predicted molar refractivity (Wildman–Crippen MR) is 132 cm³/mol. The number of aryl methyl sites for hydroxylation is 1. The summed E-state index contributed by atoms with van der Waals surface area (Å²) in [5.74, 6) is -0.751. The molecule has 2 heterocycles. The highest BCUT2D eigenvalue weighted by Crippen LogP contribution is 2.35. The topological polar surface area (TPSA) is 105 Å². The van der Waals surface area contributed by atoms with Crippen molar-refractivity contribution in [1.29, 1.82) is 0 Å². The van der Waals surface area contributed by atoms with E-state index >= 15 is 0 Å². The summed E-state index contributed by atoms with van der Waals surface area (Å²) < 4.78 is 21.5. The van der Waals surface area contributed by atoms with E-state index in [-0.39, 0.29) is 22.8 Å². The molecule has 0 radical (unpaired) electrons. The Bertz CT molecular complexity index is 1400. The normalized spacial score (nSPS) is 11.5. The number of likely N-dealkylation sites (N-methyl/N-ethyl adjacent to an activating group) is 1. The van der Waals surface area contributed by atoms with Crippen LogP contribution in [0.25, 0.3) is 22.3 Å². The zero-order valence-electron chi connectivity index (χ0n) is 20.2. The predicted octanol–water partition coefficient (Wildman–Crippen LogP) is 3.64. The number of anilines is 2. The van der Waals surface area contributed by atoms with Gasteiger partial charge in [0.05, 0.1) is 41.4 Å². The number of halogens is 1. The molecular weight excluding hydrogens is 451 g/mol. The van der Waals surface area contributed by atoms with E-state index in [4.69, 9.17) is 4.74 Å². The molecule has 2 aromatic carbocycles. The molecule has 0 aliphatic rings. The van der Waals surface area contributed by atoms with Gasteiger partial charge in [-0.2, -0.15) is 5.10 Å². The van der Waals surface area contributed by atoms with E-state index in [1.807, 2.05) is 25.1 Å². The number of aromatic nitrogens is 4. The number of nitrogens with one attached hydrogen (secondary N) is 1. The lowest BCUT2D eigenvalue weighted by atomic mass is 10.1. The van der Waals surface area contributed by atoms with Gasteiger partial charge < -0.3 is 20.1 Å². The summed E-state index contributed by atoms with van der Waals surface area (Å²) in [7, 11) is 5.09. The molecule has 2 aromatic heterocycles. The first-order valence-corrected chi connectivity index (χ1v) is 10.9. The van der Waals surface area contributed by atoms with Crippen LogP contribution in [-0.4, -0.2) is 57.1 Å². The van der Waals surface area contributed by atoms with Gasteiger partial charge in [-0.25, -0.2) is 14.4 Å². The number of carbonyl (C=O) groups is 1. The molecule has 4 rings (SSSR count). The highest BCUT2D eigenvalue weighted by molar-refractivity contribution is 6.09. The molecule has 9 nitrogen and oxygen atoms in total. The van der Waals surface area contributed by atoms with E-state index in [9.17, 15) is 14.3 Å².